The molecular formula is C16H14FNO4S. The number of carboxylic acid groups (broad SMARTS) is 1. The fraction of sp³-hybridized carbons (Fsp3) is 0.0625. The second-order valence-corrected chi connectivity index (χ2v) is 6.39. The highest BCUT2D eigenvalue weighted by Gasteiger charge is 2.18. The number of benzene rings is 2. The summed E-state index contributed by atoms with van der Waals surface area (Å²) < 4.78 is 39.6. The minimum atomic E-state index is -3.98. The molecule has 7 heteroatoms. The molecule has 0 spiro atoms. The van der Waals surface area contributed by atoms with Crippen molar-refractivity contribution in [2.24, 2.45) is 0 Å². The molecule has 0 saturated carbocycles. The Kier molecular flexibility index (Phi) is 4.80. The number of nitrogens with one attached hydrogen (secondary N) is 1. The van der Waals surface area contributed by atoms with E-state index in [1.54, 1.807) is 12.1 Å². The van der Waals surface area contributed by atoms with Gasteiger partial charge in [0.05, 0.1) is 11.1 Å². The molecule has 0 amide bonds. The lowest BCUT2D eigenvalue weighted by molar-refractivity contribution is 0.0693. The molecule has 0 heterocycles. The van der Waals surface area contributed by atoms with E-state index in [0.717, 1.165) is 17.0 Å². The third-order valence-corrected chi connectivity index (χ3v) is 4.00. The summed E-state index contributed by atoms with van der Waals surface area (Å²) >= 11 is 0. The summed E-state index contributed by atoms with van der Waals surface area (Å²) in [5, 5.41) is 9.88. The molecule has 5 nitrogen and oxygen atoms in total. The molecule has 120 valence electrons. The Labute approximate surface area is 133 Å². The normalized spacial score (nSPS) is 11.6. The van der Waals surface area contributed by atoms with Crippen molar-refractivity contribution in [1.29, 1.82) is 0 Å². The number of hydrogen-bond acceptors (Lipinski definition) is 3. The number of anilines is 1. The van der Waals surface area contributed by atoms with Crippen molar-refractivity contribution >= 4 is 27.8 Å². The van der Waals surface area contributed by atoms with Crippen LogP contribution in [0.5, 0.6) is 0 Å². The lowest BCUT2D eigenvalue weighted by Gasteiger charge is -2.08. The molecule has 0 bridgehead atoms. The van der Waals surface area contributed by atoms with Gasteiger partial charge in [-0.1, -0.05) is 35.9 Å². The Morgan fingerprint density at radius 1 is 1.17 bits per heavy atom. The maximum atomic E-state index is 13.5. The van der Waals surface area contributed by atoms with Crippen LogP contribution in [0.15, 0.2) is 47.9 Å². The minimum absolute atomic E-state index is 0.328. The fourth-order valence-corrected chi connectivity index (χ4v) is 2.74. The first kappa shape index (κ1) is 16.7. The Bertz CT molecular complexity index is 858. The number of aromatic carboxylic acids is 1. The van der Waals surface area contributed by atoms with Crippen molar-refractivity contribution in [1.82, 2.24) is 0 Å². The molecule has 0 radical (unpaired) electrons. The number of rotatable bonds is 5. The Balaban J connectivity index is 2.27. The van der Waals surface area contributed by atoms with Gasteiger partial charge in [0, 0.05) is 0 Å². The first-order valence-corrected chi connectivity index (χ1v) is 8.12. The molecule has 2 aromatic carbocycles. The highest BCUT2D eigenvalue weighted by Crippen LogP contribution is 2.20. The smallest absolute Gasteiger partial charge is 0.340 e. The van der Waals surface area contributed by atoms with Crippen LogP contribution >= 0.6 is 0 Å². The molecule has 2 rings (SSSR count). The molecule has 0 atom stereocenters. The molecular weight excluding hydrogens is 321 g/mol. The van der Waals surface area contributed by atoms with E-state index in [1.165, 1.54) is 18.2 Å². The number of hydrogen-bond donors (Lipinski definition) is 2. The zero-order valence-corrected chi connectivity index (χ0v) is 13.0. The van der Waals surface area contributed by atoms with Crippen LogP contribution in [0, 0.1) is 12.7 Å². The average molecular weight is 335 g/mol. The molecule has 0 aliphatic carbocycles. The monoisotopic (exact) mass is 335 g/mol. The minimum Gasteiger partial charge on any atom is -0.478 e. The zero-order valence-electron chi connectivity index (χ0n) is 12.2. The van der Waals surface area contributed by atoms with Gasteiger partial charge in [-0.3, -0.25) is 4.72 Å². The number of sulfonamides is 1. The van der Waals surface area contributed by atoms with E-state index >= 15 is 0 Å². The van der Waals surface area contributed by atoms with Crippen molar-refractivity contribution in [2.75, 3.05) is 4.72 Å². The standard InChI is InChI=1S/C16H14FNO4S/c1-11-5-7-12(8-6-11)9-10-23(21,22)18-14-4-2-3-13(17)15(14)16(19)20/h2-10,18H,1H3,(H,19,20)/b10-9+. The van der Waals surface area contributed by atoms with E-state index in [1.807, 2.05) is 19.1 Å². The Hall–Kier alpha value is -2.67. The zero-order chi connectivity index (χ0) is 17.0. The molecule has 23 heavy (non-hydrogen) atoms. The van der Waals surface area contributed by atoms with Crippen molar-refractivity contribution in [3.05, 3.63) is 70.4 Å². The summed E-state index contributed by atoms with van der Waals surface area (Å²) in [5.41, 5.74) is 0.651. The van der Waals surface area contributed by atoms with Crippen LogP contribution in [0.1, 0.15) is 21.5 Å². The number of carboxylic acids is 1. The Morgan fingerprint density at radius 3 is 2.43 bits per heavy atom. The van der Waals surface area contributed by atoms with Crippen LogP contribution in [0.25, 0.3) is 6.08 Å². The van der Waals surface area contributed by atoms with Crippen LogP contribution in [0.3, 0.4) is 0 Å². The second-order valence-electron chi connectivity index (χ2n) is 4.83. The van der Waals surface area contributed by atoms with Gasteiger partial charge in [0.1, 0.15) is 11.4 Å². The number of carbonyl (C=O) groups is 1. The second kappa shape index (κ2) is 6.62. The van der Waals surface area contributed by atoms with E-state index in [-0.39, 0.29) is 5.69 Å². The van der Waals surface area contributed by atoms with Gasteiger partial charge in [0.15, 0.2) is 0 Å². The summed E-state index contributed by atoms with van der Waals surface area (Å²) in [7, 11) is -3.98. The molecule has 2 aromatic rings. The molecule has 0 aromatic heterocycles. The molecule has 0 aliphatic rings. The molecule has 0 aliphatic heterocycles. The van der Waals surface area contributed by atoms with E-state index in [2.05, 4.69) is 4.72 Å². The number of aryl methyl sites for hydroxylation is 1. The van der Waals surface area contributed by atoms with Gasteiger partial charge in [0.25, 0.3) is 10.0 Å². The third kappa shape index (κ3) is 4.40. The van der Waals surface area contributed by atoms with Crippen molar-refractivity contribution < 1.29 is 22.7 Å². The van der Waals surface area contributed by atoms with Crippen molar-refractivity contribution in [2.45, 2.75) is 6.92 Å². The summed E-state index contributed by atoms with van der Waals surface area (Å²) in [6, 6.07) is 10.5. The van der Waals surface area contributed by atoms with E-state index in [9.17, 15) is 17.6 Å². The van der Waals surface area contributed by atoms with Crippen LogP contribution < -0.4 is 4.72 Å². The molecule has 2 N–H and O–H groups in total. The fourth-order valence-electron chi connectivity index (χ4n) is 1.86. The first-order valence-electron chi connectivity index (χ1n) is 6.58. The van der Waals surface area contributed by atoms with Gasteiger partial charge in [0.2, 0.25) is 0 Å². The maximum Gasteiger partial charge on any atom is 0.340 e. The van der Waals surface area contributed by atoms with Gasteiger partial charge < -0.3 is 5.11 Å². The van der Waals surface area contributed by atoms with Gasteiger partial charge in [-0.15, -0.1) is 0 Å². The van der Waals surface area contributed by atoms with E-state index < -0.39 is 27.4 Å². The highest BCUT2D eigenvalue weighted by molar-refractivity contribution is 7.95. The van der Waals surface area contributed by atoms with E-state index in [4.69, 9.17) is 5.11 Å². The van der Waals surface area contributed by atoms with E-state index in [0.29, 0.717) is 5.56 Å². The number of halogens is 1. The highest BCUT2D eigenvalue weighted by atomic mass is 32.2. The van der Waals surface area contributed by atoms with Gasteiger partial charge in [-0.25, -0.2) is 17.6 Å². The lowest BCUT2D eigenvalue weighted by atomic mass is 10.2. The predicted octanol–water partition coefficient (Wildman–Crippen LogP) is 3.24. The maximum absolute atomic E-state index is 13.5. The average Bonchev–Trinajstić information content (AvgIpc) is 2.46. The third-order valence-electron chi connectivity index (χ3n) is 3.00. The molecule has 0 fully saturated rings. The summed E-state index contributed by atoms with van der Waals surface area (Å²) in [4.78, 5) is 11.0. The summed E-state index contributed by atoms with van der Waals surface area (Å²) in [6.45, 7) is 1.91. The first-order chi connectivity index (χ1) is 10.8. The molecule has 0 unspecified atom stereocenters. The summed E-state index contributed by atoms with van der Waals surface area (Å²) in [6.07, 6.45) is 1.36. The summed E-state index contributed by atoms with van der Waals surface area (Å²) in [5.74, 6) is -2.57. The van der Waals surface area contributed by atoms with Crippen LogP contribution in [-0.2, 0) is 10.0 Å². The topological polar surface area (TPSA) is 83.5 Å². The van der Waals surface area contributed by atoms with Gasteiger partial charge in [-0.05, 0) is 30.7 Å². The van der Waals surface area contributed by atoms with Gasteiger partial charge >= 0.3 is 5.97 Å². The van der Waals surface area contributed by atoms with Crippen molar-refractivity contribution in [3.8, 4) is 0 Å². The van der Waals surface area contributed by atoms with Crippen LogP contribution in [0.2, 0.25) is 0 Å². The SMILES string of the molecule is Cc1ccc(/C=C/S(=O)(=O)Nc2cccc(F)c2C(=O)O)cc1. The molecule has 0 saturated heterocycles. The Morgan fingerprint density at radius 2 is 1.83 bits per heavy atom. The van der Waals surface area contributed by atoms with Gasteiger partial charge in [-0.2, -0.15) is 0 Å². The lowest BCUT2D eigenvalue weighted by Crippen LogP contribution is -2.13. The predicted molar refractivity (Wildman–Crippen MR) is 86.1 cm³/mol. The van der Waals surface area contributed by atoms with Crippen LogP contribution in [-0.4, -0.2) is 19.5 Å². The largest absolute Gasteiger partial charge is 0.478 e. The quantitative estimate of drug-likeness (QED) is 0.878. The van der Waals surface area contributed by atoms with Crippen LogP contribution in [0.4, 0.5) is 10.1 Å². The van der Waals surface area contributed by atoms with Crippen molar-refractivity contribution in [3.63, 3.8) is 0 Å².